The van der Waals surface area contributed by atoms with Gasteiger partial charge in [-0.15, -0.1) is 11.6 Å². The minimum atomic E-state index is -0.821. The Morgan fingerprint density at radius 3 is 2.65 bits per heavy atom. The molecule has 88 valence electrons. The van der Waals surface area contributed by atoms with Gasteiger partial charge in [0.1, 0.15) is 6.07 Å². The standard InChI is InChI=1S/C11H10ClN3O2/c12-5-6-14-10(16)11(17)15-9-4-2-1-3-8(9)7-13/h1-4H,5-6H2,(H,14,16)(H,15,17). The molecule has 17 heavy (non-hydrogen) atoms. The molecular weight excluding hydrogens is 242 g/mol. The zero-order chi connectivity index (χ0) is 12.7. The Morgan fingerprint density at radius 1 is 1.29 bits per heavy atom. The Hall–Kier alpha value is -2.06. The zero-order valence-corrected chi connectivity index (χ0v) is 9.62. The van der Waals surface area contributed by atoms with Crippen molar-refractivity contribution >= 4 is 29.1 Å². The summed E-state index contributed by atoms with van der Waals surface area (Å²) >= 11 is 5.37. The Morgan fingerprint density at radius 2 is 2.00 bits per heavy atom. The van der Waals surface area contributed by atoms with Crippen LogP contribution in [0.15, 0.2) is 24.3 Å². The van der Waals surface area contributed by atoms with Crippen molar-refractivity contribution in [1.29, 1.82) is 5.26 Å². The van der Waals surface area contributed by atoms with Crippen LogP contribution in [0.4, 0.5) is 5.69 Å². The molecule has 0 bridgehead atoms. The van der Waals surface area contributed by atoms with Gasteiger partial charge in [-0.25, -0.2) is 0 Å². The summed E-state index contributed by atoms with van der Waals surface area (Å²) in [4.78, 5) is 22.7. The number of nitrogens with one attached hydrogen (secondary N) is 2. The molecular formula is C11H10ClN3O2. The van der Waals surface area contributed by atoms with Crippen molar-refractivity contribution in [3.05, 3.63) is 29.8 Å². The highest BCUT2D eigenvalue weighted by Gasteiger charge is 2.14. The molecule has 1 aromatic rings. The number of rotatable bonds is 3. The fourth-order valence-electron chi connectivity index (χ4n) is 1.11. The summed E-state index contributed by atoms with van der Waals surface area (Å²) in [5.41, 5.74) is 0.604. The smallest absolute Gasteiger partial charge is 0.313 e. The van der Waals surface area contributed by atoms with Crippen molar-refractivity contribution in [3.63, 3.8) is 0 Å². The first-order valence-electron chi connectivity index (χ1n) is 4.83. The van der Waals surface area contributed by atoms with E-state index in [-0.39, 0.29) is 12.4 Å². The van der Waals surface area contributed by atoms with E-state index < -0.39 is 11.8 Å². The van der Waals surface area contributed by atoms with Crippen molar-refractivity contribution < 1.29 is 9.59 Å². The van der Waals surface area contributed by atoms with Gasteiger partial charge in [-0.2, -0.15) is 5.26 Å². The number of alkyl halides is 1. The van der Waals surface area contributed by atoms with Gasteiger partial charge in [-0.3, -0.25) is 9.59 Å². The number of hydrogen-bond acceptors (Lipinski definition) is 3. The predicted octanol–water partition coefficient (Wildman–Crippen LogP) is 0.852. The minimum absolute atomic E-state index is 0.216. The van der Waals surface area contributed by atoms with Gasteiger partial charge in [0.05, 0.1) is 11.3 Å². The summed E-state index contributed by atoms with van der Waals surface area (Å²) in [5, 5.41) is 13.5. The summed E-state index contributed by atoms with van der Waals surface area (Å²) in [7, 11) is 0. The van der Waals surface area contributed by atoms with Crippen molar-refractivity contribution in [2.45, 2.75) is 0 Å². The summed E-state index contributed by atoms with van der Waals surface area (Å²) in [6.07, 6.45) is 0. The van der Waals surface area contributed by atoms with Crippen molar-refractivity contribution in [2.24, 2.45) is 0 Å². The van der Waals surface area contributed by atoms with E-state index in [0.717, 1.165) is 0 Å². The number of benzene rings is 1. The topological polar surface area (TPSA) is 82.0 Å². The number of nitriles is 1. The van der Waals surface area contributed by atoms with Crippen molar-refractivity contribution in [2.75, 3.05) is 17.7 Å². The van der Waals surface area contributed by atoms with Gasteiger partial charge in [0, 0.05) is 12.4 Å². The fraction of sp³-hybridized carbons (Fsp3) is 0.182. The van der Waals surface area contributed by atoms with Crippen molar-refractivity contribution in [3.8, 4) is 6.07 Å². The normalized spacial score (nSPS) is 9.18. The molecule has 6 heteroatoms. The van der Waals surface area contributed by atoms with Crippen LogP contribution in [0, 0.1) is 11.3 Å². The maximum atomic E-state index is 11.4. The first kappa shape index (κ1) is 13.0. The first-order valence-corrected chi connectivity index (χ1v) is 5.36. The molecule has 2 amide bonds. The molecule has 0 aliphatic rings. The molecule has 0 fully saturated rings. The van der Waals surface area contributed by atoms with Gasteiger partial charge in [-0.1, -0.05) is 12.1 Å². The Bertz CT molecular complexity index is 468. The molecule has 5 nitrogen and oxygen atoms in total. The third kappa shape index (κ3) is 3.78. The van der Waals surface area contributed by atoms with Crippen LogP contribution in [-0.2, 0) is 9.59 Å². The third-order valence-corrected chi connectivity index (χ3v) is 2.07. The van der Waals surface area contributed by atoms with Gasteiger partial charge >= 0.3 is 11.8 Å². The van der Waals surface area contributed by atoms with Crippen molar-refractivity contribution in [1.82, 2.24) is 5.32 Å². The maximum Gasteiger partial charge on any atom is 0.313 e. The van der Waals surface area contributed by atoms with Gasteiger partial charge in [0.2, 0.25) is 0 Å². The SMILES string of the molecule is N#Cc1ccccc1NC(=O)C(=O)NCCCl. The molecule has 0 radical (unpaired) electrons. The molecule has 0 aromatic heterocycles. The second-order valence-corrected chi connectivity index (χ2v) is 3.43. The van der Waals surface area contributed by atoms with E-state index in [1.54, 1.807) is 24.3 Å². The molecule has 0 aliphatic heterocycles. The molecule has 2 N–H and O–H groups in total. The highest BCUT2D eigenvalue weighted by atomic mass is 35.5. The Balaban J connectivity index is 2.68. The van der Waals surface area contributed by atoms with E-state index in [2.05, 4.69) is 10.6 Å². The largest absolute Gasteiger partial charge is 0.347 e. The van der Waals surface area contributed by atoms with E-state index in [0.29, 0.717) is 11.3 Å². The number of carbonyl (C=O) groups excluding carboxylic acids is 2. The second kappa shape index (κ2) is 6.51. The number of carbonyl (C=O) groups is 2. The van der Waals surface area contributed by atoms with Crippen LogP contribution in [0.2, 0.25) is 0 Å². The molecule has 1 aromatic carbocycles. The van der Waals surface area contributed by atoms with Crippen LogP contribution in [0.3, 0.4) is 0 Å². The number of anilines is 1. The van der Waals surface area contributed by atoms with Crippen LogP contribution < -0.4 is 10.6 Å². The monoisotopic (exact) mass is 251 g/mol. The third-order valence-electron chi connectivity index (χ3n) is 1.88. The number of hydrogen-bond donors (Lipinski definition) is 2. The van der Waals surface area contributed by atoms with E-state index in [4.69, 9.17) is 16.9 Å². The van der Waals surface area contributed by atoms with E-state index in [1.807, 2.05) is 6.07 Å². The highest BCUT2D eigenvalue weighted by Crippen LogP contribution is 2.12. The summed E-state index contributed by atoms with van der Waals surface area (Å²) in [6.45, 7) is 0.216. The summed E-state index contributed by atoms with van der Waals surface area (Å²) < 4.78 is 0. The maximum absolute atomic E-state index is 11.4. The minimum Gasteiger partial charge on any atom is -0.347 e. The Labute approximate surface area is 103 Å². The van der Waals surface area contributed by atoms with Gasteiger partial charge in [0.15, 0.2) is 0 Å². The predicted molar refractivity (Wildman–Crippen MR) is 63.5 cm³/mol. The average molecular weight is 252 g/mol. The van der Waals surface area contributed by atoms with Crippen LogP contribution in [0.25, 0.3) is 0 Å². The lowest BCUT2D eigenvalue weighted by molar-refractivity contribution is -0.136. The number of nitrogens with zero attached hydrogens (tertiary/aromatic N) is 1. The zero-order valence-electron chi connectivity index (χ0n) is 8.87. The van der Waals surface area contributed by atoms with Crippen LogP contribution in [-0.4, -0.2) is 24.2 Å². The lowest BCUT2D eigenvalue weighted by atomic mass is 10.2. The van der Waals surface area contributed by atoms with Gasteiger partial charge in [0.25, 0.3) is 0 Å². The number of halogens is 1. The number of amides is 2. The lowest BCUT2D eigenvalue weighted by Gasteiger charge is -2.06. The molecule has 1 rings (SSSR count). The highest BCUT2D eigenvalue weighted by molar-refractivity contribution is 6.39. The van der Waals surface area contributed by atoms with Gasteiger partial charge in [-0.05, 0) is 12.1 Å². The molecule has 0 saturated carbocycles. The first-order chi connectivity index (χ1) is 8.19. The molecule has 0 saturated heterocycles. The van der Waals surface area contributed by atoms with E-state index in [1.165, 1.54) is 0 Å². The molecule has 0 heterocycles. The Kier molecular flexibility index (Phi) is 4.98. The summed E-state index contributed by atoms with van der Waals surface area (Å²) in [5.74, 6) is -1.37. The summed E-state index contributed by atoms with van der Waals surface area (Å²) in [6, 6.07) is 8.34. The molecule has 0 spiro atoms. The van der Waals surface area contributed by atoms with E-state index >= 15 is 0 Å². The number of para-hydroxylation sites is 1. The van der Waals surface area contributed by atoms with Crippen LogP contribution in [0.1, 0.15) is 5.56 Å². The average Bonchev–Trinajstić information content (AvgIpc) is 2.36. The quantitative estimate of drug-likeness (QED) is 0.617. The van der Waals surface area contributed by atoms with Gasteiger partial charge < -0.3 is 10.6 Å². The molecule has 0 unspecified atom stereocenters. The molecule has 0 atom stereocenters. The lowest BCUT2D eigenvalue weighted by Crippen LogP contribution is -2.36. The van der Waals surface area contributed by atoms with E-state index in [9.17, 15) is 9.59 Å². The fourth-order valence-corrected chi connectivity index (χ4v) is 1.20. The van der Waals surface area contributed by atoms with Crippen LogP contribution >= 0.6 is 11.6 Å². The molecule has 0 aliphatic carbocycles. The second-order valence-electron chi connectivity index (χ2n) is 3.06. The van der Waals surface area contributed by atoms with Crippen LogP contribution in [0.5, 0.6) is 0 Å².